The van der Waals surface area contributed by atoms with Crippen LogP contribution >= 0.6 is 0 Å². The minimum Gasteiger partial charge on any atom is -0.478 e. The number of amides is 4. The van der Waals surface area contributed by atoms with Crippen molar-refractivity contribution < 1.29 is 28.3 Å². The van der Waals surface area contributed by atoms with Crippen molar-refractivity contribution in [3.05, 3.63) is 48.4 Å². The van der Waals surface area contributed by atoms with E-state index in [9.17, 15) is 19.2 Å². The number of anilines is 1. The van der Waals surface area contributed by atoms with E-state index < -0.39 is 29.7 Å². The first-order valence-corrected chi connectivity index (χ1v) is 7.99. The van der Waals surface area contributed by atoms with Gasteiger partial charge in [-0.2, -0.15) is 0 Å². The third-order valence-electron chi connectivity index (χ3n) is 3.60. The van der Waals surface area contributed by atoms with Crippen LogP contribution in [0.4, 0.5) is 5.69 Å². The molecule has 2 heterocycles. The van der Waals surface area contributed by atoms with Crippen LogP contribution in [-0.4, -0.2) is 29.7 Å². The first-order valence-electron chi connectivity index (χ1n) is 7.99. The zero-order valence-electron chi connectivity index (χ0n) is 14.0. The number of nitrogens with one attached hydrogen (secondary N) is 4. The van der Waals surface area contributed by atoms with Gasteiger partial charge in [-0.05, 0) is 24.3 Å². The summed E-state index contributed by atoms with van der Waals surface area (Å²) in [4.78, 5) is 47.1. The fourth-order valence-corrected chi connectivity index (χ4v) is 2.29. The highest BCUT2D eigenvalue weighted by molar-refractivity contribution is 6.35. The molecule has 1 aliphatic heterocycles. The van der Waals surface area contributed by atoms with E-state index in [-0.39, 0.29) is 13.0 Å². The number of carbonyl (C=O) groups excluding carboxylic acids is 4. The number of hydrazine groups is 1. The van der Waals surface area contributed by atoms with Crippen LogP contribution in [0.5, 0.6) is 5.75 Å². The number of furan rings is 1. The summed E-state index contributed by atoms with van der Waals surface area (Å²) < 4.78 is 10.5. The van der Waals surface area contributed by atoms with Crippen LogP contribution in [-0.2, 0) is 25.7 Å². The number of para-hydroxylation sites is 2. The summed E-state index contributed by atoms with van der Waals surface area (Å²) in [6, 6.07) is 10.1. The summed E-state index contributed by atoms with van der Waals surface area (Å²) in [5, 5.41) is 4.95. The SMILES string of the molecule is O=C(C[C@H]1Oc2ccccc2NC1=O)NNC(=O)C(=O)NCc1ccco1. The lowest BCUT2D eigenvalue weighted by atomic mass is 10.1. The smallest absolute Gasteiger partial charge is 0.327 e. The van der Waals surface area contributed by atoms with Crippen molar-refractivity contribution >= 4 is 29.3 Å². The Bertz CT molecular complexity index is 864. The summed E-state index contributed by atoms with van der Waals surface area (Å²) in [5.41, 5.74) is 4.55. The van der Waals surface area contributed by atoms with Crippen LogP contribution in [0.3, 0.4) is 0 Å². The molecule has 0 bridgehead atoms. The Labute approximate surface area is 153 Å². The highest BCUT2D eigenvalue weighted by Crippen LogP contribution is 2.29. The molecule has 1 aliphatic rings. The number of carbonyl (C=O) groups is 4. The zero-order chi connectivity index (χ0) is 19.2. The van der Waals surface area contributed by atoms with E-state index in [2.05, 4.69) is 16.1 Å². The van der Waals surface area contributed by atoms with Gasteiger partial charge in [0.15, 0.2) is 6.10 Å². The minimum atomic E-state index is -1.06. The lowest BCUT2D eigenvalue weighted by molar-refractivity contribution is -0.141. The van der Waals surface area contributed by atoms with Crippen LogP contribution in [0.2, 0.25) is 0 Å². The van der Waals surface area contributed by atoms with Gasteiger partial charge in [0.1, 0.15) is 11.5 Å². The topological polar surface area (TPSA) is 139 Å². The van der Waals surface area contributed by atoms with Crippen LogP contribution < -0.4 is 26.2 Å². The van der Waals surface area contributed by atoms with Crippen molar-refractivity contribution in [1.82, 2.24) is 16.2 Å². The van der Waals surface area contributed by atoms with Gasteiger partial charge in [0, 0.05) is 0 Å². The van der Waals surface area contributed by atoms with E-state index in [0.717, 1.165) is 0 Å². The van der Waals surface area contributed by atoms with Crippen molar-refractivity contribution in [3.8, 4) is 5.75 Å². The molecule has 2 aromatic rings. The maximum atomic E-state index is 12.0. The van der Waals surface area contributed by atoms with E-state index >= 15 is 0 Å². The third kappa shape index (κ3) is 4.63. The summed E-state index contributed by atoms with van der Waals surface area (Å²) in [6.07, 6.45) is 0.0440. The summed E-state index contributed by atoms with van der Waals surface area (Å²) >= 11 is 0. The molecule has 0 fully saturated rings. The van der Waals surface area contributed by atoms with Crippen LogP contribution in [0.15, 0.2) is 47.1 Å². The van der Waals surface area contributed by atoms with Crippen molar-refractivity contribution in [2.75, 3.05) is 5.32 Å². The van der Waals surface area contributed by atoms with E-state index in [4.69, 9.17) is 9.15 Å². The number of fused-ring (bicyclic) bond motifs is 1. The Kier molecular flexibility index (Phi) is 5.36. The second-order valence-electron chi connectivity index (χ2n) is 5.56. The van der Waals surface area contributed by atoms with Gasteiger partial charge in [-0.15, -0.1) is 0 Å². The van der Waals surface area contributed by atoms with Crippen molar-refractivity contribution in [1.29, 1.82) is 0 Å². The summed E-state index contributed by atoms with van der Waals surface area (Å²) in [7, 11) is 0. The molecule has 10 heteroatoms. The molecule has 140 valence electrons. The fraction of sp³-hybridized carbons (Fsp3) is 0.176. The second kappa shape index (κ2) is 8.04. The summed E-state index contributed by atoms with van der Waals surface area (Å²) in [5.74, 6) is -2.27. The quantitative estimate of drug-likeness (QED) is 0.434. The van der Waals surface area contributed by atoms with E-state index in [1.54, 1.807) is 36.4 Å². The van der Waals surface area contributed by atoms with Crippen LogP contribution in [0.25, 0.3) is 0 Å². The van der Waals surface area contributed by atoms with Crippen molar-refractivity contribution in [3.63, 3.8) is 0 Å². The zero-order valence-corrected chi connectivity index (χ0v) is 14.0. The van der Waals surface area contributed by atoms with Gasteiger partial charge in [-0.3, -0.25) is 30.0 Å². The molecule has 1 atom stereocenters. The first-order chi connectivity index (χ1) is 13.0. The van der Waals surface area contributed by atoms with Gasteiger partial charge in [0.25, 0.3) is 5.91 Å². The van der Waals surface area contributed by atoms with Crippen molar-refractivity contribution in [2.45, 2.75) is 19.1 Å². The lowest BCUT2D eigenvalue weighted by Gasteiger charge is -2.25. The monoisotopic (exact) mass is 372 g/mol. The Balaban J connectivity index is 1.43. The van der Waals surface area contributed by atoms with Crippen LogP contribution in [0, 0.1) is 0 Å². The molecule has 3 rings (SSSR count). The average molecular weight is 372 g/mol. The van der Waals surface area contributed by atoms with Gasteiger partial charge >= 0.3 is 11.8 Å². The normalized spacial score (nSPS) is 15.0. The van der Waals surface area contributed by atoms with E-state index in [0.29, 0.717) is 17.2 Å². The third-order valence-corrected chi connectivity index (χ3v) is 3.60. The molecule has 4 N–H and O–H groups in total. The second-order valence-corrected chi connectivity index (χ2v) is 5.56. The standard InChI is InChI=1S/C17H16N4O6/c22-14(8-13-15(23)19-11-5-1-2-6-12(11)27-13)20-21-17(25)16(24)18-9-10-4-3-7-26-10/h1-7,13H,8-9H2,(H,18,24)(H,19,23)(H,20,22)(H,21,25)/t13-/m1/s1. The molecule has 1 aromatic heterocycles. The van der Waals surface area contributed by atoms with Gasteiger partial charge < -0.3 is 19.8 Å². The Hall–Kier alpha value is -3.82. The predicted molar refractivity (Wildman–Crippen MR) is 90.9 cm³/mol. The molecular formula is C17H16N4O6. The average Bonchev–Trinajstić information content (AvgIpc) is 3.18. The number of ether oxygens (including phenoxy) is 1. The highest BCUT2D eigenvalue weighted by atomic mass is 16.5. The number of hydrogen-bond donors (Lipinski definition) is 4. The van der Waals surface area contributed by atoms with Crippen LogP contribution in [0.1, 0.15) is 12.2 Å². The number of hydrogen-bond acceptors (Lipinski definition) is 6. The molecule has 0 saturated heterocycles. The number of rotatable bonds is 4. The van der Waals surface area contributed by atoms with E-state index in [1.807, 2.05) is 5.43 Å². The molecule has 0 saturated carbocycles. The lowest BCUT2D eigenvalue weighted by Crippen LogP contribution is -2.50. The minimum absolute atomic E-state index is 0.0305. The van der Waals surface area contributed by atoms with Gasteiger partial charge in [-0.25, -0.2) is 0 Å². The van der Waals surface area contributed by atoms with Gasteiger partial charge in [0.2, 0.25) is 5.91 Å². The predicted octanol–water partition coefficient (Wildman–Crippen LogP) is -0.167. The molecule has 0 spiro atoms. The first kappa shape index (κ1) is 18.0. The molecule has 0 unspecified atom stereocenters. The Morgan fingerprint density at radius 2 is 1.85 bits per heavy atom. The Morgan fingerprint density at radius 1 is 1.04 bits per heavy atom. The molecular weight excluding hydrogens is 356 g/mol. The maximum absolute atomic E-state index is 12.0. The molecule has 0 radical (unpaired) electrons. The number of benzene rings is 1. The van der Waals surface area contributed by atoms with Gasteiger partial charge in [0.05, 0.1) is 24.9 Å². The molecule has 1 aromatic carbocycles. The van der Waals surface area contributed by atoms with E-state index in [1.165, 1.54) is 6.26 Å². The molecule has 27 heavy (non-hydrogen) atoms. The Morgan fingerprint density at radius 3 is 2.63 bits per heavy atom. The maximum Gasteiger partial charge on any atom is 0.327 e. The van der Waals surface area contributed by atoms with Gasteiger partial charge in [-0.1, -0.05) is 12.1 Å². The fourth-order valence-electron chi connectivity index (χ4n) is 2.29. The van der Waals surface area contributed by atoms with Crippen molar-refractivity contribution in [2.24, 2.45) is 0 Å². The molecule has 0 aliphatic carbocycles. The largest absolute Gasteiger partial charge is 0.478 e. The summed E-state index contributed by atoms with van der Waals surface area (Å²) in [6.45, 7) is 0.0305. The highest BCUT2D eigenvalue weighted by Gasteiger charge is 2.29. The molecule has 10 nitrogen and oxygen atoms in total. The molecule has 4 amide bonds.